The minimum absolute atomic E-state index is 0.204. The predicted octanol–water partition coefficient (Wildman–Crippen LogP) is 11.4. The van der Waals surface area contributed by atoms with E-state index in [1.807, 2.05) is 54.6 Å². The fourth-order valence-electron chi connectivity index (χ4n) is 6.02. The molecule has 0 amide bonds. The Hall–Kier alpha value is -5.40. The van der Waals surface area contributed by atoms with Crippen LogP contribution < -0.4 is 4.90 Å². The van der Waals surface area contributed by atoms with Crippen molar-refractivity contribution in [2.75, 3.05) is 4.90 Å². The standard InChI is InChI=1S/C40H27N/c1-2-11-35(12-3-1)41(38-26-22-33-20-19-31-9-6-10-32-21-25-37(38)40(33)39(31)32)36-23-16-28(17-24-36)13-14-29-15-18-30-7-4-5-8-34(30)27-29/h1-27H/b14-13+/i13D,14D. The Morgan fingerprint density at radius 2 is 0.976 bits per heavy atom. The van der Waals surface area contributed by atoms with E-state index in [4.69, 9.17) is 2.74 Å². The molecule has 0 heterocycles. The zero-order chi connectivity index (χ0) is 28.9. The molecule has 0 fully saturated rings. The number of benzene rings is 8. The molecule has 8 aromatic rings. The van der Waals surface area contributed by atoms with Gasteiger partial charge in [-0.2, -0.15) is 0 Å². The molecule has 0 atom stereocenters. The zero-order valence-electron chi connectivity index (χ0n) is 24.4. The highest BCUT2D eigenvalue weighted by atomic mass is 15.1. The van der Waals surface area contributed by atoms with Crippen LogP contribution in [0.1, 0.15) is 13.9 Å². The van der Waals surface area contributed by atoms with Gasteiger partial charge in [0.1, 0.15) is 0 Å². The molecule has 0 spiro atoms. The topological polar surface area (TPSA) is 3.24 Å². The first-order valence-corrected chi connectivity index (χ1v) is 13.9. The van der Waals surface area contributed by atoms with Gasteiger partial charge in [0.25, 0.3) is 0 Å². The molecule has 0 bridgehead atoms. The normalized spacial score (nSPS) is 13.0. The van der Waals surface area contributed by atoms with Gasteiger partial charge in [-0.15, -0.1) is 0 Å². The first-order chi connectivity index (χ1) is 21.2. The Kier molecular flexibility index (Phi) is 5.05. The third kappa shape index (κ3) is 4.11. The van der Waals surface area contributed by atoms with Crippen LogP contribution >= 0.6 is 0 Å². The second-order valence-electron chi connectivity index (χ2n) is 10.5. The Balaban J connectivity index is 1.25. The number of fused-ring (bicyclic) bond motifs is 1. The van der Waals surface area contributed by atoms with Gasteiger partial charge in [-0.1, -0.05) is 127 Å². The summed E-state index contributed by atoms with van der Waals surface area (Å²) in [5.41, 5.74) is 4.61. The number of rotatable bonds is 5. The van der Waals surface area contributed by atoms with Gasteiger partial charge in [0, 0.05) is 16.8 Å². The maximum atomic E-state index is 8.88. The molecule has 0 aliphatic carbocycles. The molecule has 0 aromatic heterocycles. The lowest BCUT2D eigenvalue weighted by Crippen LogP contribution is -2.10. The van der Waals surface area contributed by atoms with E-state index in [-0.39, 0.29) is 12.1 Å². The third-order valence-electron chi connectivity index (χ3n) is 7.99. The molecule has 0 unspecified atom stereocenters. The van der Waals surface area contributed by atoms with Crippen LogP contribution in [0.2, 0.25) is 0 Å². The summed E-state index contributed by atoms with van der Waals surface area (Å²) in [6, 6.07) is 52.7. The van der Waals surface area contributed by atoms with Crippen molar-refractivity contribution < 1.29 is 2.74 Å². The van der Waals surface area contributed by atoms with Crippen LogP contribution in [0, 0.1) is 0 Å². The number of hydrogen-bond acceptors (Lipinski definition) is 1. The monoisotopic (exact) mass is 523 g/mol. The number of para-hydroxylation sites is 1. The fourth-order valence-corrected chi connectivity index (χ4v) is 6.02. The van der Waals surface area contributed by atoms with Crippen LogP contribution in [0.15, 0.2) is 152 Å². The fraction of sp³-hybridized carbons (Fsp3) is 0. The molecule has 0 aliphatic rings. The van der Waals surface area contributed by atoms with Crippen LogP contribution in [0.3, 0.4) is 0 Å². The summed E-state index contributed by atoms with van der Waals surface area (Å²) in [7, 11) is 0. The van der Waals surface area contributed by atoms with Crippen LogP contribution in [0.25, 0.3) is 55.2 Å². The number of anilines is 3. The van der Waals surface area contributed by atoms with Crippen LogP contribution in [0.4, 0.5) is 17.1 Å². The molecule has 0 saturated carbocycles. The van der Waals surface area contributed by atoms with Crippen molar-refractivity contribution in [3.8, 4) is 0 Å². The van der Waals surface area contributed by atoms with Gasteiger partial charge in [0.05, 0.1) is 8.43 Å². The van der Waals surface area contributed by atoms with Crippen molar-refractivity contribution in [3.63, 3.8) is 0 Å². The molecule has 0 aliphatic heterocycles. The smallest absolute Gasteiger partial charge is 0.0629 e. The molecular formula is C40H27N. The first-order valence-electron chi connectivity index (χ1n) is 14.9. The quantitative estimate of drug-likeness (QED) is 0.160. The molecule has 0 radical (unpaired) electrons. The van der Waals surface area contributed by atoms with Crippen molar-refractivity contribution in [1.29, 1.82) is 0 Å². The van der Waals surface area contributed by atoms with Gasteiger partial charge in [-0.3, -0.25) is 0 Å². The van der Waals surface area contributed by atoms with E-state index >= 15 is 0 Å². The van der Waals surface area contributed by atoms with E-state index in [1.54, 1.807) is 0 Å². The predicted molar refractivity (Wildman–Crippen MR) is 178 cm³/mol. The second-order valence-corrected chi connectivity index (χ2v) is 10.5. The third-order valence-corrected chi connectivity index (χ3v) is 7.99. The minimum Gasteiger partial charge on any atom is -0.310 e. The highest BCUT2D eigenvalue weighted by molar-refractivity contribution is 6.25. The van der Waals surface area contributed by atoms with Crippen LogP contribution in [-0.4, -0.2) is 0 Å². The molecule has 1 heteroatoms. The highest BCUT2D eigenvalue weighted by Gasteiger charge is 2.18. The van der Waals surface area contributed by atoms with Crippen molar-refractivity contribution >= 4 is 72.3 Å². The molecular weight excluding hydrogens is 494 g/mol. The molecule has 0 saturated heterocycles. The maximum absolute atomic E-state index is 8.88. The summed E-state index contributed by atoms with van der Waals surface area (Å²) in [6.45, 7) is 0. The summed E-state index contributed by atoms with van der Waals surface area (Å²) in [5, 5.41) is 9.68. The van der Waals surface area contributed by atoms with Crippen molar-refractivity contribution in [2.24, 2.45) is 0 Å². The highest BCUT2D eigenvalue weighted by Crippen LogP contribution is 2.43. The second kappa shape index (κ2) is 9.66. The lowest BCUT2D eigenvalue weighted by atomic mass is 9.93. The van der Waals surface area contributed by atoms with E-state index in [9.17, 15) is 0 Å². The summed E-state index contributed by atoms with van der Waals surface area (Å²) in [5.74, 6) is 0. The van der Waals surface area contributed by atoms with Crippen molar-refractivity contribution in [2.45, 2.75) is 0 Å². The van der Waals surface area contributed by atoms with Gasteiger partial charge < -0.3 is 4.90 Å². The van der Waals surface area contributed by atoms with E-state index in [2.05, 4.69) is 102 Å². The van der Waals surface area contributed by atoms with E-state index in [0.29, 0.717) is 5.56 Å². The Morgan fingerprint density at radius 3 is 1.78 bits per heavy atom. The average Bonchev–Trinajstić information content (AvgIpc) is 3.08. The summed E-state index contributed by atoms with van der Waals surface area (Å²) >= 11 is 0. The lowest BCUT2D eigenvalue weighted by molar-refractivity contribution is 1.30. The van der Waals surface area contributed by atoms with Gasteiger partial charge in [0.15, 0.2) is 0 Å². The number of nitrogens with zero attached hydrogens (tertiary/aromatic N) is 1. The van der Waals surface area contributed by atoms with Gasteiger partial charge in [0.2, 0.25) is 0 Å². The van der Waals surface area contributed by atoms with E-state index < -0.39 is 0 Å². The minimum atomic E-state index is 0.204. The summed E-state index contributed by atoms with van der Waals surface area (Å²) in [6.07, 6.45) is 0. The Morgan fingerprint density at radius 1 is 0.415 bits per heavy atom. The van der Waals surface area contributed by atoms with Gasteiger partial charge in [-0.05, 0) is 85.2 Å². The molecule has 0 N–H and O–H groups in total. The van der Waals surface area contributed by atoms with Crippen LogP contribution in [0.5, 0.6) is 0 Å². The zero-order valence-corrected chi connectivity index (χ0v) is 22.4. The molecule has 192 valence electrons. The average molecular weight is 524 g/mol. The Labute approximate surface area is 242 Å². The number of hydrogen-bond donors (Lipinski definition) is 0. The first kappa shape index (κ1) is 21.4. The van der Waals surface area contributed by atoms with E-state index in [0.717, 1.165) is 33.4 Å². The van der Waals surface area contributed by atoms with Crippen molar-refractivity contribution in [3.05, 3.63) is 163 Å². The molecule has 8 rings (SSSR count). The summed E-state index contributed by atoms with van der Waals surface area (Å²) < 4.78 is 17.7. The molecule has 8 aromatic carbocycles. The summed E-state index contributed by atoms with van der Waals surface area (Å²) in [4.78, 5) is 2.29. The maximum Gasteiger partial charge on any atom is 0.0629 e. The molecule has 41 heavy (non-hydrogen) atoms. The van der Waals surface area contributed by atoms with Crippen LogP contribution in [-0.2, 0) is 0 Å². The van der Waals surface area contributed by atoms with E-state index in [1.165, 1.54) is 32.3 Å². The van der Waals surface area contributed by atoms with Gasteiger partial charge >= 0.3 is 0 Å². The molecule has 1 nitrogen and oxygen atoms in total. The van der Waals surface area contributed by atoms with Crippen molar-refractivity contribution in [1.82, 2.24) is 0 Å². The Bertz CT molecular complexity index is 2290. The lowest BCUT2D eigenvalue weighted by Gasteiger charge is -2.27. The SMILES string of the molecule is [2H]/C(=C(/[2H])c1ccc2ccccc2c1)c1ccc(N(c2ccccc2)c2ccc3ccc4cccc5ccc2c3c45)cc1. The largest absolute Gasteiger partial charge is 0.310 e. The van der Waals surface area contributed by atoms with Gasteiger partial charge in [-0.25, -0.2) is 0 Å².